The van der Waals surface area contributed by atoms with Gasteiger partial charge in [0, 0.05) is 5.56 Å². The third-order valence-electron chi connectivity index (χ3n) is 3.67. The molecule has 0 bridgehead atoms. The van der Waals surface area contributed by atoms with Gasteiger partial charge in [-0.1, -0.05) is 18.2 Å². The van der Waals surface area contributed by atoms with E-state index in [2.05, 4.69) is 0 Å². The Kier molecular flexibility index (Phi) is 6.50. The number of rotatable bonds is 7. The number of ketones is 1. The zero-order valence-corrected chi connectivity index (χ0v) is 15.1. The molecule has 0 aromatic heterocycles. The number of carbonyl (C=O) groups excluding carboxylic acids is 1. The molecule has 0 heterocycles. The molecule has 2 aromatic carbocycles. The number of carbonyl (C=O) groups is 1. The van der Waals surface area contributed by atoms with Gasteiger partial charge in [-0.3, -0.25) is 4.79 Å². The van der Waals surface area contributed by atoms with Crippen LogP contribution in [0.2, 0.25) is 0 Å². The van der Waals surface area contributed by atoms with Crippen molar-refractivity contribution >= 4 is 11.9 Å². The summed E-state index contributed by atoms with van der Waals surface area (Å²) in [4.78, 5) is 12.2. The molecule has 0 saturated carbocycles. The van der Waals surface area contributed by atoms with Crippen LogP contribution < -0.4 is 14.2 Å². The van der Waals surface area contributed by atoms with Crippen LogP contribution in [0.1, 0.15) is 28.4 Å². The minimum absolute atomic E-state index is 0.0501. The molecule has 0 spiro atoms. The lowest BCUT2D eigenvalue weighted by atomic mass is 10.1. The van der Waals surface area contributed by atoms with E-state index in [0.717, 1.165) is 12.1 Å². The van der Waals surface area contributed by atoms with Gasteiger partial charge in [-0.2, -0.15) is 13.2 Å². The Bertz CT molecular complexity index is 816. The molecule has 0 atom stereocenters. The minimum atomic E-state index is -4.50. The van der Waals surface area contributed by atoms with Gasteiger partial charge in [-0.25, -0.2) is 0 Å². The lowest BCUT2D eigenvalue weighted by Gasteiger charge is -2.14. The van der Waals surface area contributed by atoms with Crippen molar-refractivity contribution in [1.82, 2.24) is 0 Å². The molecule has 4 nitrogen and oxygen atoms in total. The first-order chi connectivity index (χ1) is 12.8. The first kappa shape index (κ1) is 20.4. The second-order valence-electron chi connectivity index (χ2n) is 5.46. The monoisotopic (exact) mass is 380 g/mol. The third-order valence-corrected chi connectivity index (χ3v) is 3.67. The summed E-state index contributed by atoms with van der Waals surface area (Å²) < 4.78 is 54.4. The Hall–Kier alpha value is -2.96. The Balaban J connectivity index is 2.31. The summed E-state index contributed by atoms with van der Waals surface area (Å²) in [5.74, 6) is 0.724. The van der Waals surface area contributed by atoms with Crippen LogP contribution in [0.3, 0.4) is 0 Å². The van der Waals surface area contributed by atoms with Crippen LogP contribution in [-0.4, -0.2) is 26.6 Å². The smallest absolute Gasteiger partial charge is 0.416 e. The van der Waals surface area contributed by atoms with E-state index in [-0.39, 0.29) is 5.56 Å². The van der Waals surface area contributed by atoms with Crippen molar-refractivity contribution in [3.8, 4) is 17.2 Å². The highest BCUT2D eigenvalue weighted by Crippen LogP contribution is 2.39. The van der Waals surface area contributed by atoms with Gasteiger partial charge in [0.1, 0.15) is 0 Å². The molecule has 0 N–H and O–H groups in total. The number of methoxy groups -OCH3 is 2. The fraction of sp³-hybridized carbons (Fsp3) is 0.250. The van der Waals surface area contributed by atoms with Crippen molar-refractivity contribution < 1.29 is 32.2 Å². The van der Waals surface area contributed by atoms with Crippen LogP contribution in [0.4, 0.5) is 13.2 Å². The average molecular weight is 380 g/mol. The Morgan fingerprint density at radius 1 is 1.07 bits per heavy atom. The Morgan fingerprint density at radius 2 is 1.70 bits per heavy atom. The van der Waals surface area contributed by atoms with Crippen molar-refractivity contribution in [2.75, 3.05) is 20.8 Å². The van der Waals surface area contributed by atoms with E-state index in [1.807, 2.05) is 6.92 Å². The predicted molar refractivity (Wildman–Crippen MR) is 95.5 cm³/mol. The molecule has 2 aromatic rings. The van der Waals surface area contributed by atoms with E-state index in [4.69, 9.17) is 14.2 Å². The van der Waals surface area contributed by atoms with Crippen molar-refractivity contribution in [3.63, 3.8) is 0 Å². The molecule has 7 heteroatoms. The summed E-state index contributed by atoms with van der Waals surface area (Å²) >= 11 is 0. The van der Waals surface area contributed by atoms with Crippen LogP contribution in [0.5, 0.6) is 17.2 Å². The number of benzene rings is 2. The topological polar surface area (TPSA) is 44.8 Å². The number of alkyl halides is 3. The van der Waals surface area contributed by atoms with Gasteiger partial charge >= 0.3 is 6.18 Å². The van der Waals surface area contributed by atoms with Gasteiger partial charge in [0.05, 0.1) is 26.4 Å². The quantitative estimate of drug-likeness (QED) is 0.500. The van der Waals surface area contributed by atoms with Crippen LogP contribution >= 0.6 is 0 Å². The second-order valence-corrected chi connectivity index (χ2v) is 5.46. The molecular weight excluding hydrogens is 361 g/mol. The standard InChI is InChI=1S/C20H19F3O4/c1-4-27-19-17(25-2)10-13(11-18(19)26-3)8-9-16(24)14-6-5-7-15(12-14)20(21,22)23/h5-12H,4H2,1-3H3/b9-8+. The summed E-state index contributed by atoms with van der Waals surface area (Å²) in [6.45, 7) is 2.23. The molecule has 144 valence electrons. The van der Waals surface area contributed by atoms with Crippen LogP contribution in [0.15, 0.2) is 42.5 Å². The van der Waals surface area contributed by atoms with Gasteiger partial charge in [0.15, 0.2) is 17.3 Å². The largest absolute Gasteiger partial charge is 0.493 e. The molecular formula is C20H19F3O4. The number of allylic oxidation sites excluding steroid dienone is 1. The maximum atomic E-state index is 12.8. The molecule has 0 aliphatic carbocycles. The highest BCUT2D eigenvalue weighted by molar-refractivity contribution is 6.07. The SMILES string of the molecule is CCOc1c(OC)cc(/C=C/C(=O)c2cccc(C(F)(F)F)c2)cc1OC. The number of halogens is 3. The normalized spacial score (nSPS) is 11.5. The highest BCUT2D eigenvalue weighted by atomic mass is 19.4. The maximum absolute atomic E-state index is 12.8. The average Bonchev–Trinajstić information content (AvgIpc) is 2.66. The summed E-state index contributed by atoms with van der Waals surface area (Å²) in [6.07, 6.45) is -1.83. The van der Waals surface area contributed by atoms with E-state index in [0.29, 0.717) is 29.4 Å². The molecule has 0 saturated heterocycles. The molecule has 0 amide bonds. The molecule has 0 fully saturated rings. The van der Waals surface area contributed by atoms with E-state index in [1.165, 1.54) is 38.5 Å². The van der Waals surface area contributed by atoms with Gasteiger partial charge in [0.2, 0.25) is 5.75 Å². The van der Waals surface area contributed by atoms with Crippen LogP contribution in [-0.2, 0) is 6.18 Å². The lowest BCUT2D eigenvalue weighted by molar-refractivity contribution is -0.137. The summed E-state index contributed by atoms with van der Waals surface area (Å²) in [5.41, 5.74) is -0.343. The van der Waals surface area contributed by atoms with Gasteiger partial charge in [0.25, 0.3) is 0 Å². The second kappa shape index (κ2) is 8.62. The van der Waals surface area contributed by atoms with Crippen molar-refractivity contribution in [1.29, 1.82) is 0 Å². The maximum Gasteiger partial charge on any atom is 0.416 e. The number of hydrogen-bond donors (Lipinski definition) is 0. The molecule has 0 aliphatic heterocycles. The Morgan fingerprint density at radius 3 is 2.22 bits per heavy atom. The lowest BCUT2D eigenvalue weighted by Crippen LogP contribution is -2.06. The van der Waals surface area contributed by atoms with Crippen LogP contribution in [0.25, 0.3) is 6.08 Å². The first-order valence-electron chi connectivity index (χ1n) is 8.08. The van der Waals surface area contributed by atoms with E-state index in [9.17, 15) is 18.0 Å². The highest BCUT2D eigenvalue weighted by Gasteiger charge is 2.30. The number of hydrogen-bond acceptors (Lipinski definition) is 4. The van der Waals surface area contributed by atoms with E-state index in [1.54, 1.807) is 12.1 Å². The van der Waals surface area contributed by atoms with E-state index >= 15 is 0 Å². The van der Waals surface area contributed by atoms with Crippen molar-refractivity contribution in [3.05, 3.63) is 59.2 Å². The fourth-order valence-electron chi connectivity index (χ4n) is 2.40. The van der Waals surface area contributed by atoms with Gasteiger partial charge in [-0.15, -0.1) is 0 Å². The zero-order valence-electron chi connectivity index (χ0n) is 15.1. The molecule has 0 radical (unpaired) electrons. The third kappa shape index (κ3) is 5.03. The minimum Gasteiger partial charge on any atom is -0.493 e. The molecule has 2 rings (SSSR count). The number of ether oxygens (including phenoxy) is 3. The summed E-state index contributed by atoms with van der Waals surface area (Å²) in [7, 11) is 2.94. The molecule has 0 aliphatic rings. The predicted octanol–water partition coefficient (Wildman–Crippen LogP) is 5.02. The van der Waals surface area contributed by atoms with Gasteiger partial charge < -0.3 is 14.2 Å². The first-order valence-corrected chi connectivity index (χ1v) is 8.08. The summed E-state index contributed by atoms with van der Waals surface area (Å²) in [6, 6.07) is 7.57. The van der Waals surface area contributed by atoms with Crippen molar-refractivity contribution in [2.45, 2.75) is 13.1 Å². The molecule has 27 heavy (non-hydrogen) atoms. The summed E-state index contributed by atoms with van der Waals surface area (Å²) in [5, 5.41) is 0. The zero-order chi connectivity index (χ0) is 20.0. The van der Waals surface area contributed by atoms with Gasteiger partial charge in [-0.05, 0) is 42.8 Å². The van der Waals surface area contributed by atoms with Crippen LogP contribution in [0, 0.1) is 0 Å². The fourth-order valence-corrected chi connectivity index (χ4v) is 2.40. The Labute approximate surface area is 155 Å². The van der Waals surface area contributed by atoms with Crippen molar-refractivity contribution in [2.24, 2.45) is 0 Å². The molecule has 0 unspecified atom stereocenters. The van der Waals surface area contributed by atoms with E-state index < -0.39 is 17.5 Å².